The summed E-state index contributed by atoms with van der Waals surface area (Å²) in [7, 11) is 0. The Balaban J connectivity index is 1.40. The lowest BCUT2D eigenvalue weighted by atomic mass is 9.85. The van der Waals surface area contributed by atoms with Crippen LogP contribution < -0.4 is 10.6 Å². The van der Waals surface area contributed by atoms with E-state index in [0.29, 0.717) is 17.9 Å². The molecule has 2 saturated carbocycles. The van der Waals surface area contributed by atoms with Crippen molar-refractivity contribution in [2.75, 3.05) is 26.2 Å². The number of aliphatic hydroxyl groups excluding tert-OH is 1. The van der Waals surface area contributed by atoms with E-state index in [1.54, 1.807) is 0 Å². The van der Waals surface area contributed by atoms with Crippen LogP contribution in [-0.2, 0) is 0 Å². The number of aliphatic hydroxyl groups is 1. The number of carbonyl (C=O) groups is 1. The van der Waals surface area contributed by atoms with Crippen LogP contribution in [0.4, 0.5) is 4.79 Å². The second-order valence-electron chi connectivity index (χ2n) is 7.79. The van der Waals surface area contributed by atoms with Crippen molar-refractivity contribution in [3.63, 3.8) is 0 Å². The molecule has 3 rings (SSSR count). The summed E-state index contributed by atoms with van der Waals surface area (Å²) in [5.74, 6) is 1.48. The lowest BCUT2D eigenvalue weighted by molar-refractivity contribution is 0.142. The van der Waals surface area contributed by atoms with Crippen LogP contribution in [0.25, 0.3) is 0 Å². The molecular weight excluding hydrogens is 290 g/mol. The van der Waals surface area contributed by atoms with Crippen molar-refractivity contribution in [1.82, 2.24) is 15.5 Å². The molecule has 4 atom stereocenters. The molecule has 1 saturated heterocycles. The number of unbranched alkanes of at least 4 members (excludes halogenated alkanes) is 1. The van der Waals surface area contributed by atoms with Gasteiger partial charge in [0.05, 0.1) is 0 Å². The minimum Gasteiger partial charge on any atom is -0.396 e. The lowest BCUT2D eigenvalue weighted by Gasteiger charge is -2.34. The molecule has 2 aliphatic carbocycles. The minimum atomic E-state index is -0.0204. The van der Waals surface area contributed by atoms with E-state index < -0.39 is 0 Å². The molecule has 0 spiro atoms. The summed E-state index contributed by atoms with van der Waals surface area (Å²) in [4.78, 5) is 14.9. The molecule has 3 fully saturated rings. The van der Waals surface area contributed by atoms with Gasteiger partial charge in [-0.25, -0.2) is 4.79 Å². The first-order valence-corrected chi connectivity index (χ1v) is 9.61. The first-order chi connectivity index (χ1) is 11.2. The predicted octanol–water partition coefficient (Wildman–Crippen LogP) is 1.96. The average molecular weight is 323 g/mol. The van der Waals surface area contributed by atoms with Gasteiger partial charge in [0.25, 0.3) is 0 Å². The minimum absolute atomic E-state index is 0.0204. The topological polar surface area (TPSA) is 64.6 Å². The van der Waals surface area contributed by atoms with Crippen LogP contribution in [0.5, 0.6) is 0 Å². The lowest BCUT2D eigenvalue weighted by Crippen LogP contribution is -2.53. The first kappa shape index (κ1) is 17.0. The molecule has 132 valence electrons. The molecule has 2 bridgehead atoms. The molecule has 3 N–H and O–H groups in total. The number of hydrogen-bond acceptors (Lipinski definition) is 3. The fourth-order valence-electron chi connectivity index (χ4n) is 4.96. The summed E-state index contributed by atoms with van der Waals surface area (Å²) >= 11 is 0. The van der Waals surface area contributed by atoms with E-state index >= 15 is 0 Å². The quantitative estimate of drug-likeness (QED) is 0.700. The molecular formula is C18H33N3O2. The molecule has 3 aliphatic rings. The molecule has 23 heavy (non-hydrogen) atoms. The fourth-order valence-corrected chi connectivity index (χ4v) is 4.96. The van der Waals surface area contributed by atoms with Crippen molar-refractivity contribution >= 4 is 6.03 Å². The van der Waals surface area contributed by atoms with Gasteiger partial charge in [0.1, 0.15) is 0 Å². The van der Waals surface area contributed by atoms with Gasteiger partial charge in [0.15, 0.2) is 0 Å². The van der Waals surface area contributed by atoms with Crippen molar-refractivity contribution in [2.24, 2.45) is 17.8 Å². The predicted molar refractivity (Wildman–Crippen MR) is 91.2 cm³/mol. The number of urea groups is 1. The zero-order chi connectivity index (χ0) is 16.2. The van der Waals surface area contributed by atoms with Crippen molar-refractivity contribution in [1.29, 1.82) is 0 Å². The maximum atomic E-state index is 12.3. The van der Waals surface area contributed by atoms with Gasteiger partial charge in [0.2, 0.25) is 0 Å². The summed E-state index contributed by atoms with van der Waals surface area (Å²) in [6, 6.07) is 0.468. The molecule has 0 aromatic carbocycles. The number of amides is 2. The van der Waals surface area contributed by atoms with Gasteiger partial charge < -0.3 is 20.6 Å². The monoisotopic (exact) mass is 323 g/mol. The van der Waals surface area contributed by atoms with E-state index in [9.17, 15) is 9.90 Å². The Labute approximate surface area is 140 Å². The Morgan fingerprint density at radius 2 is 1.87 bits per heavy atom. The van der Waals surface area contributed by atoms with Gasteiger partial charge in [-0.05, 0) is 56.9 Å². The van der Waals surface area contributed by atoms with Crippen molar-refractivity contribution < 1.29 is 9.90 Å². The summed E-state index contributed by atoms with van der Waals surface area (Å²) in [6.45, 7) is 5.82. The van der Waals surface area contributed by atoms with Gasteiger partial charge in [-0.1, -0.05) is 13.3 Å². The normalized spacial score (nSPS) is 34.7. The van der Waals surface area contributed by atoms with Gasteiger partial charge in [-0.2, -0.15) is 0 Å². The van der Waals surface area contributed by atoms with Crippen molar-refractivity contribution in [3.8, 4) is 0 Å². The second kappa shape index (κ2) is 7.84. The van der Waals surface area contributed by atoms with E-state index in [-0.39, 0.29) is 24.6 Å². The zero-order valence-electron chi connectivity index (χ0n) is 14.5. The maximum Gasteiger partial charge on any atom is 0.315 e. The molecule has 1 aliphatic heterocycles. The van der Waals surface area contributed by atoms with E-state index in [0.717, 1.165) is 25.9 Å². The molecule has 4 unspecified atom stereocenters. The molecule has 5 nitrogen and oxygen atoms in total. The van der Waals surface area contributed by atoms with Crippen LogP contribution >= 0.6 is 0 Å². The Kier molecular flexibility index (Phi) is 5.81. The number of rotatable bonds is 6. The van der Waals surface area contributed by atoms with Crippen molar-refractivity contribution in [2.45, 2.75) is 64.0 Å². The largest absolute Gasteiger partial charge is 0.396 e. The zero-order valence-corrected chi connectivity index (χ0v) is 14.5. The highest BCUT2D eigenvalue weighted by atomic mass is 16.3. The molecule has 1 heterocycles. The molecule has 0 aromatic heterocycles. The van der Waals surface area contributed by atoms with Crippen LogP contribution in [0.3, 0.4) is 0 Å². The number of nitrogens with zero attached hydrogens (tertiary/aromatic N) is 1. The third-order valence-electron chi connectivity index (χ3n) is 6.35. The Morgan fingerprint density at radius 1 is 1.13 bits per heavy atom. The molecule has 0 aromatic rings. The van der Waals surface area contributed by atoms with Crippen LogP contribution in [-0.4, -0.2) is 54.4 Å². The Morgan fingerprint density at radius 3 is 2.57 bits per heavy atom. The summed E-state index contributed by atoms with van der Waals surface area (Å²) in [6.07, 6.45) is 8.25. The van der Waals surface area contributed by atoms with Crippen LogP contribution in [0, 0.1) is 17.8 Å². The molecule has 2 amide bonds. The number of piperidine rings is 1. The van der Waals surface area contributed by atoms with E-state index in [2.05, 4.69) is 22.5 Å². The smallest absolute Gasteiger partial charge is 0.315 e. The summed E-state index contributed by atoms with van der Waals surface area (Å²) in [5, 5.41) is 16.0. The highest BCUT2D eigenvalue weighted by Gasteiger charge is 2.47. The molecule has 0 radical (unpaired) electrons. The Bertz CT molecular complexity index is 396. The summed E-state index contributed by atoms with van der Waals surface area (Å²) < 4.78 is 0. The van der Waals surface area contributed by atoms with Crippen LogP contribution in [0.2, 0.25) is 0 Å². The third-order valence-corrected chi connectivity index (χ3v) is 6.35. The molecule has 5 heteroatoms. The van der Waals surface area contributed by atoms with Crippen LogP contribution in [0.1, 0.15) is 51.9 Å². The maximum absolute atomic E-state index is 12.3. The number of hydrogen-bond donors (Lipinski definition) is 3. The fraction of sp³-hybridized carbons (Fsp3) is 0.944. The highest BCUT2D eigenvalue weighted by molar-refractivity contribution is 5.74. The van der Waals surface area contributed by atoms with Crippen LogP contribution in [0.15, 0.2) is 0 Å². The number of nitrogens with one attached hydrogen (secondary N) is 2. The van der Waals surface area contributed by atoms with Gasteiger partial charge in [-0.15, -0.1) is 0 Å². The van der Waals surface area contributed by atoms with E-state index in [1.165, 1.54) is 38.6 Å². The Hall–Kier alpha value is -0.810. The summed E-state index contributed by atoms with van der Waals surface area (Å²) in [5.41, 5.74) is 0. The van der Waals surface area contributed by atoms with Gasteiger partial charge in [0, 0.05) is 37.7 Å². The number of likely N-dealkylation sites (tertiary alicyclic amines) is 1. The highest BCUT2D eigenvalue weighted by Crippen LogP contribution is 2.48. The third kappa shape index (κ3) is 4.00. The average Bonchev–Trinajstić information content (AvgIpc) is 3.15. The SMILES string of the molecule is CCCCN1CCC(NC(=O)NC2C3CCC(C3)C2CO)CC1. The number of fused-ring (bicyclic) bond motifs is 2. The van der Waals surface area contributed by atoms with Gasteiger partial charge >= 0.3 is 6.03 Å². The number of carbonyl (C=O) groups excluding carboxylic acids is 1. The standard InChI is InChI=1S/C18H33N3O2/c1-2-3-8-21-9-6-15(7-10-21)19-18(23)20-17-14-5-4-13(11-14)16(17)12-22/h13-17,22H,2-12H2,1H3,(H2,19,20,23). The second-order valence-corrected chi connectivity index (χ2v) is 7.79. The van der Waals surface area contributed by atoms with Gasteiger partial charge in [-0.3, -0.25) is 0 Å². The first-order valence-electron chi connectivity index (χ1n) is 9.61. The van der Waals surface area contributed by atoms with E-state index in [4.69, 9.17) is 0 Å². The van der Waals surface area contributed by atoms with E-state index in [1.807, 2.05) is 0 Å². The van der Waals surface area contributed by atoms with Crippen molar-refractivity contribution in [3.05, 3.63) is 0 Å².